The molecule has 1 aliphatic rings. The van der Waals surface area contributed by atoms with Crippen LogP contribution in [0.5, 0.6) is 0 Å². The first kappa shape index (κ1) is 12.4. The van der Waals surface area contributed by atoms with E-state index < -0.39 is 5.76 Å². The summed E-state index contributed by atoms with van der Waals surface area (Å²) in [6.45, 7) is 0. The lowest BCUT2D eigenvalue weighted by atomic mass is 9.80. The molecular formula is C14H18N2O3. The van der Waals surface area contributed by atoms with Crippen molar-refractivity contribution in [1.29, 1.82) is 0 Å². The number of aromatic amines is 1. The highest BCUT2D eigenvalue weighted by molar-refractivity contribution is 5.72. The summed E-state index contributed by atoms with van der Waals surface area (Å²) >= 11 is 0. The highest BCUT2D eigenvalue weighted by Gasteiger charge is 2.25. The van der Waals surface area contributed by atoms with Crippen LogP contribution in [-0.2, 0) is 0 Å². The number of oxazole rings is 1. The van der Waals surface area contributed by atoms with Gasteiger partial charge in [0.25, 0.3) is 0 Å². The van der Waals surface area contributed by atoms with E-state index in [4.69, 9.17) is 10.2 Å². The van der Waals surface area contributed by atoms with Crippen LogP contribution in [0.3, 0.4) is 0 Å². The number of benzene rings is 1. The van der Waals surface area contributed by atoms with Gasteiger partial charge in [-0.2, -0.15) is 0 Å². The number of aliphatic hydroxyl groups excluding tert-OH is 1. The number of aromatic nitrogens is 1. The summed E-state index contributed by atoms with van der Waals surface area (Å²) in [6, 6.07) is 5.51. The van der Waals surface area contributed by atoms with Crippen LogP contribution in [0.4, 0.5) is 0 Å². The summed E-state index contributed by atoms with van der Waals surface area (Å²) in [5.74, 6) is -0.0546. The minimum atomic E-state index is -0.443. The number of nitrogens with one attached hydrogen (secondary N) is 1. The van der Waals surface area contributed by atoms with E-state index in [1.807, 2.05) is 12.1 Å². The molecule has 19 heavy (non-hydrogen) atoms. The fourth-order valence-electron chi connectivity index (χ4n) is 2.91. The predicted molar refractivity (Wildman–Crippen MR) is 71.7 cm³/mol. The van der Waals surface area contributed by atoms with Gasteiger partial charge in [0, 0.05) is 6.04 Å². The predicted octanol–water partition coefficient (Wildman–Crippen LogP) is 1.67. The maximum atomic E-state index is 11.1. The molecule has 4 N–H and O–H groups in total. The molecule has 1 fully saturated rings. The molecule has 1 aliphatic carbocycles. The number of H-pyrrole nitrogens is 1. The zero-order chi connectivity index (χ0) is 13.4. The largest absolute Gasteiger partial charge is 0.417 e. The van der Waals surface area contributed by atoms with Gasteiger partial charge in [-0.15, -0.1) is 0 Å². The molecule has 1 atom stereocenters. The second-order valence-electron chi connectivity index (χ2n) is 5.36. The minimum absolute atomic E-state index is 0.0599. The highest BCUT2D eigenvalue weighted by Crippen LogP contribution is 2.33. The number of fused-ring (bicyclic) bond motifs is 1. The maximum Gasteiger partial charge on any atom is 0.417 e. The monoisotopic (exact) mass is 262 g/mol. The first-order valence-corrected chi connectivity index (χ1v) is 6.70. The second-order valence-corrected chi connectivity index (χ2v) is 5.36. The second kappa shape index (κ2) is 4.83. The van der Waals surface area contributed by atoms with E-state index in [0.717, 1.165) is 31.2 Å². The van der Waals surface area contributed by atoms with Crippen LogP contribution >= 0.6 is 0 Å². The maximum absolute atomic E-state index is 11.1. The van der Waals surface area contributed by atoms with Crippen molar-refractivity contribution in [3.63, 3.8) is 0 Å². The van der Waals surface area contributed by atoms with Gasteiger partial charge >= 0.3 is 5.76 Å². The van der Waals surface area contributed by atoms with Gasteiger partial charge in [0.15, 0.2) is 5.58 Å². The van der Waals surface area contributed by atoms with Gasteiger partial charge in [-0.05, 0) is 49.3 Å². The van der Waals surface area contributed by atoms with E-state index in [9.17, 15) is 9.90 Å². The summed E-state index contributed by atoms with van der Waals surface area (Å²) in [4.78, 5) is 13.8. The lowest BCUT2D eigenvalue weighted by Gasteiger charge is -2.30. The Kier molecular flexibility index (Phi) is 3.16. The molecule has 1 aromatic heterocycles. The Morgan fingerprint density at radius 3 is 2.79 bits per heavy atom. The number of aliphatic hydroxyl groups is 1. The van der Waals surface area contributed by atoms with Crippen molar-refractivity contribution in [3.05, 3.63) is 34.3 Å². The molecular weight excluding hydrogens is 244 g/mol. The van der Waals surface area contributed by atoms with Crippen LogP contribution in [0.15, 0.2) is 27.4 Å². The van der Waals surface area contributed by atoms with Crippen molar-refractivity contribution >= 4 is 11.1 Å². The average Bonchev–Trinajstić information content (AvgIpc) is 2.77. The molecule has 102 valence electrons. The van der Waals surface area contributed by atoms with Crippen LogP contribution in [0.25, 0.3) is 11.1 Å². The molecule has 0 amide bonds. The van der Waals surface area contributed by atoms with E-state index in [1.54, 1.807) is 6.07 Å². The van der Waals surface area contributed by atoms with Crippen LogP contribution in [0.1, 0.15) is 37.3 Å². The zero-order valence-electron chi connectivity index (χ0n) is 10.6. The fraction of sp³-hybridized carbons (Fsp3) is 0.500. The fourth-order valence-corrected chi connectivity index (χ4v) is 2.91. The molecule has 5 nitrogen and oxygen atoms in total. The number of rotatable bonds is 2. The number of hydrogen-bond acceptors (Lipinski definition) is 4. The Bertz CT molecular complexity index is 623. The van der Waals surface area contributed by atoms with Crippen LogP contribution in [0, 0.1) is 5.92 Å². The molecule has 0 saturated heterocycles. The Hall–Kier alpha value is -1.59. The van der Waals surface area contributed by atoms with Gasteiger partial charge in [-0.3, -0.25) is 4.98 Å². The van der Waals surface area contributed by atoms with Crippen molar-refractivity contribution in [2.45, 2.75) is 37.8 Å². The molecule has 1 aromatic carbocycles. The first-order chi connectivity index (χ1) is 9.13. The van der Waals surface area contributed by atoms with E-state index >= 15 is 0 Å². The Morgan fingerprint density at radius 1 is 1.32 bits per heavy atom. The SMILES string of the molecule is NC(c1ccc2oc(=O)[nH]c2c1)C1CCC(O)CC1. The van der Waals surface area contributed by atoms with Gasteiger partial charge < -0.3 is 15.3 Å². The average molecular weight is 262 g/mol. The molecule has 1 saturated carbocycles. The van der Waals surface area contributed by atoms with Crippen molar-refractivity contribution in [2.75, 3.05) is 0 Å². The van der Waals surface area contributed by atoms with Crippen molar-refractivity contribution < 1.29 is 9.52 Å². The molecule has 0 bridgehead atoms. The van der Waals surface area contributed by atoms with E-state index in [-0.39, 0.29) is 12.1 Å². The Morgan fingerprint density at radius 2 is 2.05 bits per heavy atom. The van der Waals surface area contributed by atoms with Gasteiger partial charge in [0.05, 0.1) is 11.6 Å². The topological polar surface area (TPSA) is 92.2 Å². The van der Waals surface area contributed by atoms with Gasteiger partial charge in [0.2, 0.25) is 0 Å². The van der Waals surface area contributed by atoms with Crippen molar-refractivity contribution in [2.24, 2.45) is 11.7 Å². The van der Waals surface area contributed by atoms with E-state index in [1.165, 1.54) is 0 Å². The van der Waals surface area contributed by atoms with E-state index in [2.05, 4.69) is 4.98 Å². The van der Waals surface area contributed by atoms with Crippen LogP contribution in [-0.4, -0.2) is 16.2 Å². The third-order valence-corrected chi connectivity index (χ3v) is 4.08. The van der Waals surface area contributed by atoms with Gasteiger partial charge in [-0.25, -0.2) is 4.79 Å². The third kappa shape index (κ3) is 2.43. The molecule has 0 spiro atoms. The minimum Gasteiger partial charge on any atom is -0.408 e. The Labute approximate surface area is 110 Å². The molecule has 1 unspecified atom stereocenters. The third-order valence-electron chi connectivity index (χ3n) is 4.08. The lowest BCUT2D eigenvalue weighted by Crippen LogP contribution is -2.27. The van der Waals surface area contributed by atoms with Crippen LogP contribution in [0.2, 0.25) is 0 Å². The zero-order valence-corrected chi connectivity index (χ0v) is 10.6. The normalized spacial score (nSPS) is 25.6. The summed E-state index contributed by atoms with van der Waals surface area (Å²) in [5.41, 5.74) is 8.56. The summed E-state index contributed by atoms with van der Waals surface area (Å²) < 4.78 is 4.98. The first-order valence-electron chi connectivity index (χ1n) is 6.70. The van der Waals surface area contributed by atoms with Crippen LogP contribution < -0.4 is 11.5 Å². The van der Waals surface area contributed by atoms with Crippen molar-refractivity contribution in [3.8, 4) is 0 Å². The van der Waals surface area contributed by atoms with Gasteiger partial charge in [-0.1, -0.05) is 6.07 Å². The van der Waals surface area contributed by atoms with Crippen molar-refractivity contribution in [1.82, 2.24) is 4.98 Å². The summed E-state index contributed by atoms with van der Waals surface area (Å²) in [7, 11) is 0. The number of nitrogens with two attached hydrogens (primary N) is 1. The van der Waals surface area contributed by atoms with Gasteiger partial charge in [0.1, 0.15) is 0 Å². The Balaban J connectivity index is 1.84. The molecule has 3 rings (SSSR count). The molecule has 0 aliphatic heterocycles. The quantitative estimate of drug-likeness (QED) is 0.767. The lowest BCUT2D eigenvalue weighted by molar-refractivity contribution is 0.102. The number of hydrogen-bond donors (Lipinski definition) is 3. The molecule has 2 aromatic rings. The summed E-state index contributed by atoms with van der Waals surface area (Å²) in [6.07, 6.45) is 3.37. The molecule has 5 heteroatoms. The smallest absolute Gasteiger partial charge is 0.408 e. The van der Waals surface area contributed by atoms with E-state index in [0.29, 0.717) is 17.0 Å². The highest BCUT2D eigenvalue weighted by atomic mass is 16.4. The standard InChI is InChI=1S/C14H18N2O3/c15-13(8-1-4-10(17)5-2-8)9-3-6-12-11(7-9)16-14(18)19-12/h3,6-8,10,13,17H,1-2,4-5,15H2,(H,16,18). The molecule has 1 heterocycles. The summed E-state index contributed by atoms with van der Waals surface area (Å²) in [5, 5.41) is 9.53. The molecule has 0 radical (unpaired) electrons.